The molecule has 21 heteroatoms. The Bertz CT molecular complexity index is 2790. The summed E-state index contributed by atoms with van der Waals surface area (Å²) in [4.78, 5) is 100.0. The topological polar surface area (TPSA) is 285 Å². The van der Waals surface area contributed by atoms with Crippen molar-refractivity contribution in [1.82, 2.24) is 29.7 Å². The van der Waals surface area contributed by atoms with Gasteiger partial charge in [-0.05, 0) is 36.0 Å². The Labute approximate surface area is 437 Å². The van der Waals surface area contributed by atoms with Gasteiger partial charge in [0.25, 0.3) is 23.3 Å². The lowest BCUT2D eigenvalue weighted by Gasteiger charge is -2.43. The molecule has 3 heterocycles. The minimum atomic E-state index is -2.68. The molecule has 0 radical (unpaired) electrons. The van der Waals surface area contributed by atoms with Gasteiger partial charge in [-0.3, -0.25) is 38.9 Å². The highest BCUT2D eigenvalue weighted by Gasteiger charge is 2.62. The zero-order valence-corrected chi connectivity index (χ0v) is 42.5. The van der Waals surface area contributed by atoms with E-state index in [1.807, 2.05) is 0 Å². The van der Waals surface area contributed by atoms with Crippen LogP contribution in [-0.2, 0) is 39.5 Å². The third-order valence-electron chi connectivity index (χ3n) is 12.9. The monoisotopic (exact) mass is 1050 g/mol. The van der Waals surface area contributed by atoms with Crippen LogP contribution in [0, 0.1) is 10.1 Å². The number of carbonyl (C=O) groups excluding carboxylic acids is 3. The fraction of sp³-hybridized carbons (Fsp3) is 0.345. The summed E-state index contributed by atoms with van der Waals surface area (Å²) in [6.07, 6.45) is 3.01. The summed E-state index contributed by atoms with van der Waals surface area (Å²) < 4.78 is 21.8. The van der Waals surface area contributed by atoms with Gasteiger partial charge in [-0.15, -0.1) is 0 Å². The molecule has 0 saturated heterocycles. The normalized spacial score (nSPS) is 13.1. The molecule has 0 bridgehead atoms. The van der Waals surface area contributed by atoms with Crippen molar-refractivity contribution in [3.05, 3.63) is 202 Å². The Morgan fingerprint density at radius 1 is 0.500 bits per heavy atom. The summed E-state index contributed by atoms with van der Waals surface area (Å²) in [5.41, 5.74) is -4.08. The van der Waals surface area contributed by atoms with Crippen molar-refractivity contribution in [3.63, 3.8) is 0 Å². The molecule has 402 valence electrons. The Hall–Kier alpha value is -8.40. The van der Waals surface area contributed by atoms with E-state index >= 15 is 14.4 Å². The van der Waals surface area contributed by atoms with E-state index in [1.165, 1.54) is 53.1 Å². The Kier molecular flexibility index (Phi) is 20.4. The highest BCUT2D eigenvalue weighted by molar-refractivity contribution is 5.97. The molecular formula is C55H63N7O14. The van der Waals surface area contributed by atoms with Gasteiger partial charge in [-0.1, -0.05) is 112 Å². The molecule has 3 amide bonds. The number of hydrogen-bond acceptors (Lipinski definition) is 14. The van der Waals surface area contributed by atoms with Crippen molar-refractivity contribution in [2.45, 2.75) is 103 Å². The predicted molar refractivity (Wildman–Crippen MR) is 280 cm³/mol. The van der Waals surface area contributed by atoms with Crippen molar-refractivity contribution >= 4 is 17.7 Å². The molecule has 0 aliphatic heterocycles. The summed E-state index contributed by atoms with van der Waals surface area (Å²) in [5, 5.41) is 53.3. The van der Waals surface area contributed by atoms with Crippen LogP contribution in [0.1, 0.15) is 88.2 Å². The third kappa shape index (κ3) is 13.1. The number of nitro groups is 1. The van der Waals surface area contributed by atoms with Gasteiger partial charge in [0, 0.05) is 61.3 Å². The molecule has 6 aromatic rings. The molecule has 3 aromatic carbocycles. The van der Waals surface area contributed by atoms with Crippen molar-refractivity contribution < 1.29 is 48.8 Å². The fourth-order valence-corrected chi connectivity index (χ4v) is 9.28. The standard InChI is InChI=1S/C55H63N7O14/c1-4-43(56-52(69)46-49(40(66)22-25-59(46)28-31-63)74-34-37-16-10-7-11-17-37)55(62(72)73,44(5-2)57-53(70)47-50(41(67)23-26-60(47)29-32-64)75-35-38-18-12-8-13-19-38)45(6-3)58-54(71)48-51(42(68)24-27-61(48)30-33-65)76-36-39-20-14-9-15-21-39/h7-27,43-45,63-65H,4-6,28-36H2,1-3H3,(H,56,69)(H,57,70)(H,58,71). The number of carbonyl (C=O) groups is 3. The van der Waals surface area contributed by atoms with E-state index in [1.54, 1.807) is 91.0 Å². The Morgan fingerprint density at radius 2 is 0.763 bits per heavy atom. The number of ether oxygens (including phenoxy) is 3. The molecule has 0 aliphatic rings. The second kappa shape index (κ2) is 27.2. The van der Waals surface area contributed by atoms with Crippen molar-refractivity contribution in [2.75, 3.05) is 19.8 Å². The zero-order chi connectivity index (χ0) is 54.8. The van der Waals surface area contributed by atoms with E-state index in [-0.39, 0.29) is 58.7 Å². The molecule has 0 fully saturated rings. The van der Waals surface area contributed by atoms with E-state index in [0.717, 1.165) is 18.2 Å². The van der Waals surface area contributed by atoms with Gasteiger partial charge in [-0.2, -0.15) is 0 Å². The summed E-state index contributed by atoms with van der Waals surface area (Å²) in [7, 11) is 0. The molecule has 0 saturated carbocycles. The number of aliphatic hydroxyl groups is 3. The molecule has 6 N–H and O–H groups in total. The summed E-state index contributed by atoms with van der Waals surface area (Å²) >= 11 is 0. The Morgan fingerprint density at radius 3 is 0.987 bits per heavy atom. The molecule has 76 heavy (non-hydrogen) atoms. The number of hydrogen-bond donors (Lipinski definition) is 6. The van der Waals surface area contributed by atoms with Gasteiger partial charge in [0.2, 0.25) is 16.3 Å². The number of amides is 3. The number of aliphatic hydroxyl groups excluding tert-OH is 3. The Balaban J connectivity index is 1.53. The van der Waals surface area contributed by atoms with E-state index in [4.69, 9.17) is 14.2 Å². The number of benzene rings is 3. The van der Waals surface area contributed by atoms with E-state index < -0.39 is 117 Å². The van der Waals surface area contributed by atoms with Gasteiger partial charge < -0.3 is 59.2 Å². The lowest BCUT2D eigenvalue weighted by atomic mass is 9.73. The maximum Gasteiger partial charge on any atom is 0.281 e. The summed E-state index contributed by atoms with van der Waals surface area (Å²) in [6.45, 7) is 1.94. The van der Waals surface area contributed by atoms with E-state index in [9.17, 15) is 39.8 Å². The first-order valence-corrected chi connectivity index (χ1v) is 24.9. The number of nitrogens with zero attached hydrogens (tertiary/aromatic N) is 4. The molecule has 3 aromatic heterocycles. The number of aromatic nitrogens is 3. The summed E-state index contributed by atoms with van der Waals surface area (Å²) in [6, 6.07) is 24.7. The lowest BCUT2D eigenvalue weighted by molar-refractivity contribution is -0.585. The average molecular weight is 1050 g/mol. The van der Waals surface area contributed by atoms with E-state index in [0.29, 0.717) is 16.7 Å². The van der Waals surface area contributed by atoms with Crippen LogP contribution in [0.2, 0.25) is 0 Å². The highest BCUT2D eigenvalue weighted by atomic mass is 16.6. The van der Waals surface area contributed by atoms with Crippen molar-refractivity contribution in [2.24, 2.45) is 0 Å². The number of rotatable bonds is 28. The van der Waals surface area contributed by atoms with Crippen LogP contribution in [0.15, 0.2) is 142 Å². The maximum atomic E-state index is 15.1. The minimum absolute atomic E-state index is 0.167. The first kappa shape index (κ1) is 56.9. The van der Waals surface area contributed by atoms with E-state index in [2.05, 4.69) is 16.0 Å². The molecule has 21 nitrogen and oxygen atoms in total. The first-order chi connectivity index (χ1) is 36.8. The van der Waals surface area contributed by atoms with Crippen LogP contribution in [0.25, 0.3) is 0 Å². The SMILES string of the molecule is CCC(NC(=O)c1c(OCc2ccccc2)c(=O)ccn1CCO)C(C(CC)NC(=O)c1c(OCc2ccccc2)c(=O)ccn1CCO)(C(CC)NC(=O)c1c(OCc2ccccc2)c(=O)ccn1CCO)[N+](=O)[O-]. The molecule has 0 spiro atoms. The van der Waals surface area contributed by atoms with Crippen LogP contribution >= 0.6 is 0 Å². The van der Waals surface area contributed by atoms with Crippen LogP contribution in [-0.4, -0.2) is 95.2 Å². The second-order valence-electron chi connectivity index (χ2n) is 17.6. The van der Waals surface area contributed by atoms with Gasteiger partial charge in [0.1, 0.15) is 37.9 Å². The first-order valence-electron chi connectivity index (χ1n) is 24.9. The largest absolute Gasteiger partial charge is 0.483 e. The van der Waals surface area contributed by atoms with Crippen LogP contribution in [0.3, 0.4) is 0 Å². The summed E-state index contributed by atoms with van der Waals surface area (Å²) in [5.74, 6) is -4.44. The predicted octanol–water partition coefficient (Wildman–Crippen LogP) is 3.83. The van der Waals surface area contributed by atoms with Gasteiger partial charge in [0.05, 0.1) is 19.8 Å². The lowest BCUT2D eigenvalue weighted by Crippen LogP contribution is -2.75. The second-order valence-corrected chi connectivity index (χ2v) is 17.6. The van der Waals surface area contributed by atoms with Gasteiger partial charge in [-0.25, -0.2) is 0 Å². The van der Waals surface area contributed by atoms with Crippen LogP contribution < -0.4 is 46.4 Å². The van der Waals surface area contributed by atoms with Crippen LogP contribution in [0.4, 0.5) is 0 Å². The smallest absolute Gasteiger partial charge is 0.281 e. The zero-order valence-electron chi connectivity index (χ0n) is 42.5. The quantitative estimate of drug-likeness (QED) is 0.0301. The molecule has 3 atom stereocenters. The number of pyridine rings is 3. The maximum absolute atomic E-state index is 15.1. The molecule has 6 rings (SSSR count). The highest BCUT2D eigenvalue weighted by Crippen LogP contribution is 2.33. The van der Waals surface area contributed by atoms with Crippen molar-refractivity contribution in [1.29, 1.82) is 0 Å². The minimum Gasteiger partial charge on any atom is -0.483 e. The van der Waals surface area contributed by atoms with Crippen molar-refractivity contribution in [3.8, 4) is 17.2 Å². The fourth-order valence-electron chi connectivity index (χ4n) is 9.28. The number of nitrogens with one attached hydrogen (secondary N) is 3. The third-order valence-corrected chi connectivity index (χ3v) is 12.9. The molecule has 0 aliphatic carbocycles. The average Bonchev–Trinajstić information content (AvgIpc) is 3.43. The molecule has 3 unspecified atom stereocenters. The molecular weight excluding hydrogens is 983 g/mol. The van der Waals surface area contributed by atoms with Gasteiger partial charge >= 0.3 is 0 Å². The van der Waals surface area contributed by atoms with Crippen LogP contribution in [0.5, 0.6) is 17.2 Å². The van der Waals surface area contributed by atoms with Gasteiger partial charge in [0.15, 0.2) is 34.3 Å².